The molecule has 2 atom stereocenters. The Hall–Kier alpha value is -1.06. The maximum absolute atomic E-state index is 11.2. The number of carbonyl (C=O) groups is 1. The average Bonchev–Trinajstić information content (AvgIpc) is 2.46. The van der Waals surface area contributed by atoms with Gasteiger partial charge in [0.25, 0.3) is 0 Å². The van der Waals surface area contributed by atoms with E-state index in [0.717, 1.165) is 43.5 Å². The number of nitrogens with zero attached hydrogens (tertiary/aromatic N) is 1. The Labute approximate surface area is 118 Å². The molecule has 3 rings (SSSR count). The first-order valence-corrected chi connectivity index (χ1v) is 7.30. The second kappa shape index (κ2) is 5.51. The Morgan fingerprint density at radius 1 is 1.32 bits per heavy atom. The van der Waals surface area contributed by atoms with Crippen LogP contribution in [0.25, 0.3) is 0 Å². The largest absolute Gasteiger partial charge is 0.374 e. The molecule has 0 bridgehead atoms. The minimum atomic E-state index is 0.306. The topological polar surface area (TPSA) is 29.5 Å². The quantitative estimate of drug-likeness (QED) is 0.778. The van der Waals surface area contributed by atoms with E-state index in [9.17, 15) is 4.79 Å². The summed E-state index contributed by atoms with van der Waals surface area (Å²) in [5, 5.41) is 0.680. The fourth-order valence-electron chi connectivity index (χ4n) is 3.26. The molecule has 1 heterocycles. The SMILES string of the molecule is O=Cc1ccc(Cl)cc1N1CCOC2CCCCC21. The number of fused-ring (bicyclic) bond motifs is 1. The monoisotopic (exact) mass is 279 g/mol. The van der Waals surface area contributed by atoms with E-state index in [1.165, 1.54) is 12.8 Å². The summed E-state index contributed by atoms with van der Waals surface area (Å²) in [4.78, 5) is 13.6. The second-order valence-corrected chi connectivity index (χ2v) is 5.71. The number of anilines is 1. The van der Waals surface area contributed by atoms with Crippen LogP contribution >= 0.6 is 11.6 Å². The number of hydrogen-bond acceptors (Lipinski definition) is 3. The van der Waals surface area contributed by atoms with Gasteiger partial charge in [0.1, 0.15) is 0 Å². The lowest BCUT2D eigenvalue weighted by atomic mass is 9.89. The van der Waals surface area contributed by atoms with E-state index in [2.05, 4.69) is 4.90 Å². The fourth-order valence-corrected chi connectivity index (χ4v) is 3.43. The third-order valence-corrected chi connectivity index (χ3v) is 4.40. The van der Waals surface area contributed by atoms with Gasteiger partial charge in [0, 0.05) is 22.8 Å². The normalized spacial score (nSPS) is 26.9. The van der Waals surface area contributed by atoms with Crippen molar-refractivity contribution < 1.29 is 9.53 Å². The predicted molar refractivity (Wildman–Crippen MR) is 76.2 cm³/mol. The fraction of sp³-hybridized carbons (Fsp3) is 0.533. The van der Waals surface area contributed by atoms with Crippen molar-refractivity contribution in [1.29, 1.82) is 0 Å². The number of halogens is 1. The number of hydrogen-bond donors (Lipinski definition) is 0. The van der Waals surface area contributed by atoms with Crippen molar-refractivity contribution in [1.82, 2.24) is 0 Å². The van der Waals surface area contributed by atoms with Crippen molar-refractivity contribution in [2.75, 3.05) is 18.1 Å². The molecule has 1 aliphatic carbocycles. The van der Waals surface area contributed by atoms with Crippen LogP contribution < -0.4 is 4.90 Å². The van der Waals surface area contributed by atoms with Gasteiger partial charge in [-0.15, -0.1) is 0 Å². The standard InChI is InChI=1S/C15H18ClNO2/c16-12-6-5-11(10-18)14(9-12)17-7-8-19-15-4-2-1-3-13(15)17/h5-6,9-10,13,15H,1-4,7-8H2. The summed E-state index contributed by atoms with van der Waals surface area (Å²) >= 11 is 6.09. The minimum absolute atomic E-state index is 0.306. The third kappa shape index (κ3) is 2.49. The summed E-state index contributed by atoms with van der Waals surface area (Å²) in [5.74, 6) is 0. The molecule has 0 amide bonds. The molecular weight excluding hydrogens is 262 g/mol. The van der Waals surface area contributed by atoms with E-state index < -0.39 is 0 Å². The van der Waals surface area contributed by atoms with Crippen molar-refractivity contribution in [2.24, 2.45) is 0 Å². The van der Waals surface area contributed by atoms with Crippen LogP contribution in [0.2, 0.25) is 5.02 Å². The Balaban J connectivity index is 1.95. The van der Waals surface area contributed by atoms with Crippen LogP contribution in [0.4, 0.5) is 5.69 Å². The molecule has 2 fully saturated rings. The number of morpholine rings is 1. The van der Waals surface area contributed by atoms with E-state index in [-0.39, 0.29) is 0 Å². The van der Waals surface area contributed by atoms with Crippen LogP contribution in [0.15, 0.2) is 18.2 Å². The van der Waals surface area contributed by atoms with Crippen molar-refractivity contribution in [2.45, 2.75) is 37.8 Å². The smallest absolute Gasteiger partial charge is 0.152 e. The molecule has 0 spiro atoms. The van der Waals surface area contributed by atoms with Gasteiger partial charge in [-0.25, -0.2) is 0 Å². The number of carbonyl (C=O) groups excluding carboxylic acids is 1. The molecule has 3 nitrogen and oxygen atoms in total. The van der Waals surface area contributed by atoms with Crippen LogP contribution in [-0.4, -0.2) is 31.6 Å². The molecule has 0 aromatic heterocycles. The number of benzene rings is 1. The highest BCUT2D eigenvalue weighted by molar-refractivity contribution is 6.31. The summed E-state index contributed by atoms with van der Waals surface area (Å²) in [6, 6.07) is 5.87. The Kier molecular flexibility index (Phi) is 3.76. The molecule has 102 valence electrons. The first-order chi connectivity index (χ1) is 9.29. The van der Waals surface area contributed by atoms with Crippen LogP contribution in [0.5, 0.6) is 0 Å². The van der Waals surface area contributed by atoms with Gasteiger partial charge >= 0.3 is 0 Å². The molecule has 1 aromatic rings. The van der Waals surface area contributed by atoms with Gasteiger partial charge in [-0.05, 0) is 31.0 Å². The van der Waals surface area contributed by atoms with Gasteiger partial charge in [0.05, 0.1) is 18.8 Å². The maximum atomic E-state index is 11.2. The van der Waals surface area contributed by atoms with Crippen LogP contribution in [0.3, 0.4) is 0 Å². The highest BCUT2D eigenvalue weighted by Crippen LogP contribution is 2.34. The molecule has 19 heavy (non-hydrogen) atoms. The van der Waals surface area contributed by atoms with Crippen LogP contribution in [0.1, 0.15) is 36.0 Å². The van der Waals surface area contributed by atoms with Gasteiger partial charge < -0.3 is 9.64 Å². The lowest BCUT2D eigenvalue weighted by Gasteiger charge is -2.45. The molecule has 4 heteroatoms. The van der Waals surface area contributed by atoms with Crippen LogP contribution in [0, 0.1) is 0 Å². The van der Waals surface area contributed by atoms with E-state index in [0.29, 0.717) is 17.2 Å². The van der Waals surface area contributed by atoms with Gasteiger partial charge in [-0.2, -0.15) is 0 Å². The lowest BCUT2D eigenvalue weighted by Crippen LogP contribution is -2.53. The van der Waals surface area contributed by atoms with Crippen molar-refractivity contribution in [3.05, 3.63) is 28.8 Å². The highest BCUT2D eigenvalue weighted by Gasteiger charge is 2.35. The number of aldehydes is 1. The first kappa shape index (κ1) is 12.9. The Morgan fingerprint density at radius 2 is 2.16 bits per heavy atom. The van der Waals surface area contributed by atoms with Gasteiger partial charge in [0.15, 0.2) is 6.29 Å². The molecule has 1 saturated heterocycles. The van der Waals surface area contributed by atoms with Gasteiger partial charge in [0.2, 0.25) is 0 Å². The molecule has 2 aliphatic rings. The highest BCUT2D eigenvalue weighted by atomic mass is 35.5. The van der Waals surface area contributed by atoms with Crippen LogP contribution in [-0.2, 0) is 4.74 Å². The molecule has 1 aromatic carbocycles. The van der Waals surface area contributed by atoms with Crippen molar-refractivity contribution in [3.63, 3.8) is 0 Å². The molecular formula is C15H18ClNO2. The number of rotatable bonds is 2. The molecule has 0 N–H and O–H groups in total. The second-order valence-electron chi connectivity index (χ2n) is 5.28. The predicted octanol–water partition coefficient (Wildman–Crippen LogP) is 3.30. The molecule has 1 aliphatic heterocycles. The van der Waals surface area contributed by atoms with Crippen molar-refractivity contribution >= 4 is 23.6 Å². The van der Waals surface area contributed by atoms with E-state index in [1.807, 2.05) is 6.07 Å². The zero-order valence-corrected chi connectivity index (χ0v) is 11.6. The summed E-state index contributed by atoms with van der Waals surface area (Å²) in [6.45, 7) is 1.56. The van der Waals surface area contributed by atoms with Gasteiger partial charge in [-0.3, -0.25) is 4.79 Å². The average molecular weight is 280 g/mol. The summed E-state index contributed by atoms with van der Waals surface area (Å²) in [5.41, 5.74) is 1.68. The van der Waals surface area contributed by atoms with E-state index >= 15 is 0 Å². The van der Waals surface area contributed by atoms with E-state index in [4.69, 9.17) is 16.3 Å². The Bertz CT molecular complexity index is 475. The molecule has 0 radical (unpaired) electrons. The zero-order valence-electron chi connectivity index (χ0n) is 10.8. The summed E-state index contributed by atoms with van der Waals surface area (Å²) < 4.78 is 5.87. The van der Waals surface area contributed by atoms with E-state index in [1.54, 1.807) is 12.1 Å². The molecule has 1 saturated carbocycles. The zero-order chi connectivity index (χ0) is 13.2. The first-order valence-electron chi connectivity index (χ1n) is 6.92. The minimum Gasteiger partial charge on any atom is -0.374 e. The third-order valence-electron chi connectivity index (χ3n) is 4.16. The Morgan fingerprint density at radius 3 is 3.00 bits per heavy atom. The number of ether oxygens (including phenoxy) is 1. The maximum Gasteiger partial charge on any atom is 0.152 e. The summed E-state index contributed by atoms with van der Waals surface area (Å²) in [7, 11) is 0. The lowest BCUT2D eigenvalue weighted by molar-refractivity contribution is -0.00871. The summed E-state index contributed by atoms with van der Waals surface area (Å²) in [6.07, 6.45) is 5.95. The molecule has 2 unspecified atom stereocenters. The van der Waals surface area contributed by atoms with Gasteiger partial charge in [-0.1, -0.05) is 24.4 Å². The van der Waals surface area contributed by atoms with Crippen molar-refractivity contribution in [3.8, 4) is 0 Å².